The van der Waals surface area contributed by atoms with Crippen molar-refractivity contribution in [3.8, 4) is 5.75 Å². The lowest BCUT2D eigenvalue weighted by Crippen LogP contribution is -2.32. The van der Waals surface area contributed by atoms with E-state index in [1.807, 2.05) is 13.0 Å². The lowest BCUT2D eigenvalue weighted by atomic mass is 10.3. The predicted octanol–water partition coefficient (Wildman–Crippen LogP) is 1.91. The zero-order valence-corrected chi connectivity index (χ0v) is 13.0. The molecule has 1 amide bonds. The van der Waals surface area contributed by atoms with Crippen LogP contribution in [0.3, 0.4) is 0 Å². The Morgan fingerprint density at radius 3 is 2.85 bits per heavy atom. The molecule has 1 aromatic rings. The molecule has 3 N–H and O–H groups in total. The Bertz CT molecular complexity index is 440. The molecular weight excluding hydrogens is 276 g/mol. The Kier molecular flexibility index (Phi) is 7.25. The van der Waals surface area contributed by atoms with E-state index in [2.05, 4.69) is 5.32 Å². The first-order chi connectivity index (χ1) is 9.58. The van der Waals surface area contributed by atoms with Crippen LogP contribution in [0.4, 0.5) is 5.69 Å². The molecule has 1 unspecified atom stereocenters. The largest absolute Gasteiger partial charge is 0.496 e. The fourth-order valence-electron chi connectivity index (χ4n) is 1.60. The molecule has 112 valence electrons. The molecule has 5 nitrogen and oxygen atoms in total. The molecule has 0 aliphatic carbocycles. The van der Waals surface area contributed by atoms with Gasteiger partial charge in [-0.15, -0.1) is 11.8 Å². The van der Waals surface area contributed by atoms with Crippen LogP contribution in [-0.4, -0.2) is 38.5 Å². The Labute approximate surface area is 124 Å². The molecule has 1 atom stereocenters. The third kappa shape index (κ3) is 5.30. The summed E-state index contributed by atoms with van der Waals surface area (Å²) in [5.41, 5.74) is 6.35. The Morgan fingerprint density at radius 2 is 2.20 bits per heavy atom. The summed E-state index contributed by atoms with van der Waals surface area (Å²) in [6, 6.07) is 5.42. The standard InChI is InChI=1S/C14H22N2O3S/c1-10(14(17)16-7-4-8-18-2)20-13-6-5-11(15)9-12(13)19-3/h5-6,9-10H,4,7-8,15H2,1-3H3,(H,16,17). The van der Waals surface area contributed by atoms with Crippen LogP contribution in [0.25, 0.3) is 0 Å². The Morgan fingerprint density at radius 1 is 1.45 bits per heavy atom. The number of hydrogen-bond donors (Lipinski definition) is 2. The fraction of sp³-hybridized carbons (Fsp3) is 0.500. The summed E-state index contributed by atoms with van der Waals surface area (Å²) in [5, 5.41) is 2.68. The molecule has 0 radical (unpaired) electrons. The summed E-state index contributed by atoms with van der Waals surface area (Å²) in [6.45, 7) is 3.14. The van der Waals surface area contributed by atoms with Gasteiger partial charge in [0.15, 0.2) is 0 Å². The van der Waals surface area contributed by atoms with Crippen LogP contribution >= 0.6 is 11.8 Å². The van der Waals surface area contributed by atoms with Crippen LogP contribution in [0.1, 0.15) is 13.3 Å². The second-order valence-electron chi connectivity index (χ2n) is 4.31. The van der Waals surface area contributed by atoms with Gasteiger partial charge in [0.2, 0.25) is 5.91 Å². The summed E-state index contributed by atoms with van der Waals surface area (Å²) in [6.07, 6.45) is 0.810. The number of nitrogen functional groups attached to an aromatic ring is 1. The van der Waals surface area contributed by atoms with Crippen LogP contribution in [0.15, 0.2) is 23.1 Å². The number of hydrogen-bond acceptors (Lipinski definition) is 5. The number of thioether (sulfide) groups is 1. The van der Waals surface area contributed by atoms with Crippen molar-refractivity contribution in [1.82, 2.24) is 5.32 Å². The molecule has 0 heterocycles. The third-order valence-electron chi connectivity index (χ3n) is 2.69. The first-order valence-corrected chi connectivity index (χ1v) is 7.33. The Balaban J connectivity index is 2.52. The first kappa shape index (κ1) is 16.7. The van der Waals surface area contributed by atoms with Crippen molar-refractivity contribution in [2.75, 3.05) is 33.1 Å². The highest BCUT2D eigenvalue weighted by Gasteiger charge is 2.16. The fourth-order valence-corrected chi connectivity index (χ4v) is 2.57. The molecule has 0 bridgehead atoms. The van der Waals surface area contributed by atoms with Crippen molar-refractivity contribution in [3.63, 3.8) is 0 Å². The molecule has 1 aromatic carbocycles. The topological polar surface area (TPSA) is 73.6 Å². The van der Waals surface area contributed by atoms with E-state index in [1.54, 1.807) is 26.4 Å². The van der Waals surface area contributed by atoms with E-state index in [9.17, 15) is 4.79 Å². The summed E-state index contributed by atoms with van der Waals surface area (Å²) < 4.78 is 10.2. The van der Waals surface area contributed by atoms with Crippen LogP contribution in [0.2, 0.25) is 0 Å². The van der Waals surface area contributed by atoms with Gasteiger partial charge in [0, 0.05) is 32.0 Å². The van der Waals surface area contributed by atoms with Gasteiger partial charge in [-0.2, -0.15) is 0 Å². The van der Waals surface area contributed by atoms with E-state index in [4.69, 9.17) is 15.2 Å². The van der Waals surface area contributed by atoms with Crippen molar-refractivity contribution in [3.05, 3.63) is 18.2 Å². The maximum Gasteiger partial charge on any atom is 0.233 e. The van der Waals surface area contributed by atoms with Crippen LogP contribution in [-0.2, 0) is 9.53 Å². The zero-order chi connectivity index (χ0) is 15.0. The minimum absolute atomic E-state index is 0.00461. The van der Waals surface area contributed by atoms with E-state index in [0.717, 1.165) is 11.3 Å². The number of carbonyl (C=O) groups excluding carboxylic acids is 1. The van der Waals surface area contributed by atoms with Crippen LogP contribution in [0.5, 0.6) is 5.75 Å². The van der Waals surface area contributed by atoms with Gasteiger partial charge in [-0.25, -0.2) is 0 Å². The van der Waals surface area contributed by atoms with E-state index in [0.29, 0.717) is 24.6 Å². The van der Waals surface area contributed by atoms with Gasteiger partial charge in [0.1, 0.15) is 5.75 Å². The molecule has 0 aliphatic heterocycles. The van der Waals surface area contributed by atoms with Crippen molar-refractivity contribution < 1.29 is 14.3 Å². The van der Waals surface area contributed by atoms with Gasteiger partial charge in [-0.1, -0.05) is 0 Å². The second-order valence-corrected chi connectivity index (χ2v) is 5.69. The molecule has 6 heteroatoms. The number of amides is 1. The van der Waals surface area contributed by atoms with Gasteiger partial charge < -0.3 is 20.5 Å². The van der Waals surface area contributed by atoms with Gasteiger partial charge >= 0.3 is 0 Å². The maximum atomic E-state index is 11.9. The molecule has 0 spiro atoms. The van der Waals surface area contributed by atoms with Crippen molar-refractivity contribution in [1.29, 1.82) is 0 Å². The van der Waals surface area contributed by atoms with Gasteiger partial charge in [-0.3, -0.25) is 4.79 Å². The molecule has 0 aliphatic rings. The summed E-state index contributed by atoms with van der Waals surface area (Å²) in [4.78, 5) is 12.8. The Hall–Kier alpha value is -1.40. The molecule has 20 heavy (non-hydrogen) atoms. The van der Waals surface area contributed by atoms with E-state index < -0.39 is 0 Å². The van der Waals surface area contributed by atoms with Crippen LogP contribution in [0, 0.1) is 0 Å². The lowest BCUT2D eigenvalue weighted by Gasteiger charge is -2.14. The zero-order valence-electron chi connectivity index (χ0n) is 12.1. The number of rotatable bonds is 8. The molecule has 0 aromatic heterocycles. The molecular formula is C14H22N2O3S. The number of methoxy groups -OCH3 is 2. The number of ether oxygens (including phenoxy) is 2. The van der Waals surface area contributed by atoms with Crippen molar-refractivity contribution >= 4 is 23.4 Å². The maximum absolute atomic E-state index is 11.9. The minimum Gasteiger partial charge on any atom is -0.496 e. The number of carbonyl (C=O) groups is 1. The predicted molar refractivity (Wildman–Crippen MR) is 82.2 cm³/mol. The molecule has 0 fully saturated rings. The number of benzene rings is 1. The van der Waals surface area contributed by atoms with Gasteiger partial charge in [-0.05, 0) is 25.5 Å². The number of anilines is 1. The minimum atomic E-state index is -0.199. The van der Waals surface area contributed by atoms with E-state index >= 15 is 0 Å². The summed E-state index contributed by atoms with van der Waals surface area (Å²) in [5.74, 6) is 0.694. The monoisotopic (exact) mass is 298 g/mol. The van der Waals surface area contributed by atoms with Gasteiger partial charge in [0.25, 0.3) is 0 Å². The van der Waals surface area contributed by atoms with Crippen molar-refractivity contribution in [2.24, 2.45) is 0 Å². The summed E-state index contributed by atoms with van der Waals surface area (Å²) in [7, 11) is 3.24. The second kappa shape index (κ2) is 8.71. The third-order valence-corrected chi connectivity index (χ3v) is 3.84. The smallest absolute Gasteiger partial charge is 0.233 e. The SMILES string of the molecule is COCCCNC(=O)C(C)Sc1ccc(N)cc1OC. The van der Waals surface area contributed by atoms with Crippen molar-refractivity contribution in [2.45, 2.75) is 23.5 Å². The number of nitrogens with one attached hydrogen (secondary N) is 1. The van der Waals surface area contributed by atoms with Gasteiger partial charge in [0.05, 0.1) is 17.3 Å². The molecule has 0 saturated heterocycles. The first-order valence-electron chi connectivity index (χ1n) is 6.45. The highest BCUT2D eigenvalue weighted by atomic mass is 32.2. The van der Waals surface area contributed by atoms with Crippen LogP contribution < -0.4 is 15.8 Å². The average molecular weight is 298 g/mol. The average Bonchev–Trinajstić information content (AvgIpc) is 2.45. The quantitative estimate of drug-likeness (QED) is 0.436. The highest BCUT2D eigenvalue weighted by molar-refractivity contribution is 8.00. The van der Waals surface area contributed by atoms with E-state index in [-0.39, 0.29) is 11.2 Å². The normalized spacial score (nSPS) is 11.9. The number of nitrogens with two attached hydrogens (primary N) is 1. The lowest BCUT2D eigenvalue weighted by molar-refractivity contribution is -0.120. The van der Waals surface area contributed by atoms with E-state index in [1.165, 1.54) is 11.8 Å². The molecule has 0 saturated carbocycles. The highest BCUT2D eigenvalue weighted by Crippen LogP contribution is 2.33. The summed E-state index contributed by atoms with van der Waals surface area (Å²) >= 11 is 1.45. The molecule has 1 rings (SSSR count).